The molecule has 0 amide bonds. The molecule has 0 aliphatic carbocycles. The van der Waals surface area contributed by atoms with Crippen LogP contribution in [0.25, 0.3) is 11.0 Å². The normalized spacial score (nSPS) is 13.3. The number of nitrogens with zero attached hydrogens (tertiary/aromatic N) is 4. The molecule has 3 heterocycles. The molecule has 7 heteroatoms. The van der Waals surface area contributed by atoms with Gasteiger partial charge in [-0.05, 0) is 67.3 Å². The van der Waals surface area contributed by atoms with E-state index in [1.165, 1.54) is 22.3 Å². The molecule has 0 saturated heterocycles. The zero-order valence-electron chi connectivity index (χ0n) is 17.5. The van der Waals surface area contributed by atoms with E-state index in [2.05, 4.69) is 76.3 Å². The van der Waals surface area contributed by atoms with Crippen LogP contribution in [0.1, 0.15) is 22.3 Å². The molecule has 2 aromatic heterocycles. The fourth-order valence-corrected chi connectivity index (χ4v) is 3.88. The van der Waals surface area contributed by atoms with Crippen molar-refractivity contribution in [1.82, 2.24) is 25.1 Å². The summed E-state index contributed by atoms with van der Waals surface area (Å²) >= 11 is 0. The molecule has 7 nitrogen and oxygen atoms in total. The van der Waals surface area contributed by atoms with E-state index >= 15 is 0 Å². The number of aryl methyl sites for hydroxylation is 3. The van der Waals surface area contributed by atoms with Crippen molar-refractivity contribution in [3.63, 3.8) is 0 Å². The van der Waals surface area contributed by atoms with Crippen molar-refractivity contribution in [2.24, 2.45) is 7.05 Å². The highest BCUT2D eigenvalue weighted by atomic mass is 15.3. The Morgan fingerprint density at radius 2 is 1.93 bits per heavy atom. The average molecular weight is 400 g/mol. The lowest BCUT2D eigenvalue weighted by molar-refractivity contribution is 0.644. The van der Waals surface area contributed by atoms with Gasteiger partial charge >= 0.3 is 0 Å². The second-order valence-electron chi connectivity index (χ2n) is 7.88. The van der Waals surface area contributed by atoms with Gasteiger partial charge in [0.1, 0.15) is 0 Å². The molecule has 5 rings (SSSR count). The third kappa shape index (κ3) is 3.48. The summed E-state index contributed by atoms with van der Waals surface area (Å²) in [6, 6.07) is 12.8. The third-order valence-corrected chi connectivity index (χ3v) is 5.58. The van der Waals surface area contributed by atoms with Gasteiger partial charge in [-0.3, -0.25) is 0 Å². The molecule has 0 bridgehead atoms. The lowest BCUT2D eigenvalue weighted by Crippen LogP contribution is -2.23. The SMILES string of the molecule is Cc1ccc(C)c(Nc2nn(C)c3nc(Nc4ccc5c(c4)CNCC5)ncc23)c1. The van der Waals surface area contributed by atoms with E-state index in [0.717, 1.165) is 47.7 Å². The van der Waals surface area contributed by atoms with Gasteiger partial charge in [-0.15, -0.1) is 0 Å². The minimum absolute atomic E-state index is 0.563. The van der Waals surface area contributed by atoms with Crippen molar-refractivity contribution in [1.29, 1.82) is 0 Å². The number of benzene rings is 2. The largest absolute Gasteiger partial charge is 0.338 e. The zero-order chi connectivity index (χ0) is 20.7. The van der Waals surface area contributed by atoms with E-state index in [1.54, 1.807) is 4.68 Å². The summed E-state index contributed by atoms with van der Waals surface area (Å²) in [6.07, 6.45) is 2.90. The Morgan fingerprint density at radius 1 is 1.03 bits per heavy atom. The fourth-order valence-electron chi connectivity index (χ4n) is 3.88. The van der Waals surface area contributed by atoms with Crippen LogP contribution in [0.3, 0.4) is 0 Å². The van der Waals surface area contributed by atoms with Crippen molar-refractivity contribution in [3.05, 3.63) is 64.8 Å². The first-order valence-corrected chi connectivity index (χ1v) is 10.2. The number of anilines is 4. The van der Waals surface area contributed by atoms with Crippen LogP contribution in [-0.4, -0.2) is 26.3 Å². The van der Waals surface area contributed by atoms with Gasteiger partial charge in [-0.2, -0.15) is 10.1 Å². The highest BCUT2D eigenvalue weighted by Crippen LogP contribution is 2.28. The molecule has 0 unspecified atom stereocenters. The molecule has 1 aliphatic heterocycles. The highest BCUT2D eigenvalue weighted by molar-refractivity contribution is 5.90. The summed E-state index contributed by atoms with van der Waals surface area (Å²) in [7, 11) is 1.90. The quantitative estimate of drug-likeness (QED) is 0.479. The Bertz CT molecular complexity index is 1240. The predicted molar refractivity (Wildman–Crippen MR) is 121 cm³/mol. The molecule has 0 atom stereocenters. The summed E-state index contributed by atoms with van der Waals surface area (Å²) in [6.45, 7) is 6.11. The van der Waals surface area contributed by atoms with Crippen molar-refractivity contribution in [2.75, 3.05) is 17.2 Å². The second kappa shape index (κ2) is 7.42. The van der Waals surface area contributed by atoms with E-state index in [4.69, 9.17) is 4.98 Å². The van der Waals surface area contributed by atoms with Gasteiger partial charge in [0, 0.05) is 31.2 Å². The van der Waals surface area contributed by atoms with Crippen LogP contribution in [0.5, 0.6) is 0 Å². The van der Waals surface area contributed by atoms with Crippen molar-refractivity contribution >= 4 is 34.2 Å². The van der Waals surface area contributed by atoms with Gasteiger partial charge < -0.3 is 16.0 Å². The van der Waals surface area contributed by atoms with E-state index in [0.29, 0.717) is 5.95 Å². The summed E-state index contributed by atoms with van der Waals surface area (Å²) in [4.78, 5) is 9.25. The molecule has 0 saturated carbocycles. The molecule has 2 aromatic carbocycles. The minimum atomic E-state index is 0.563. The fraction of sp³-hybridized carbons (Fsp3) is 0.261. The van der Waals surface area contributed by atoms with Gasteiger partial charge in [0.25, 0.3) is 0 Å². The zero-order valence-corrected chi connectivity index (χ0v) is 17.5. The Morgan fingerprint density at radius 3 is 2.83 bits per heavy atom. The van der Waals surface area contributed by atoms with E-state index < -0.39 is 0 Å². The first-order chi connectivity index (χ1) is 14.6. The standard InChI is InChI=1S/C23H25N7/c1-14-4-5-15(2)20(10-14)27-21-19-13-25-23(28-22(19)30(3)29-21)26-18-7-6-16-8-9-24-12-17(16)11-18/h4-7,10-11,13,24H,8-9,12H2,1-3H3,(H,27,29)(H,25,26,28). The van der Waals surface area contributed by atoms with Gasteiger partial charge in [-0.1, -0.05) is 18.2 Å². The Kier molecular flexibility index (Phi) is 4.59. The molecule has 152 valence electrons. The van der Waals surface area contributed by atoms with E-state index in [1.807, 2.05) is 13.2 Å². The maximum absolute atomic E-state index is 4.71. The van der Waals surface area contributed by atoms with Crippen LogP contribution in [-0.2, 0) is 20.0 Å². The number of hydrogen-bond acceptors (Lipinski definition) is 6. The Hall–Kier alpha value is -3.45. The molecule has 0 spiro atoms. The Labute approximate surface area is 175 Å². The second-order valence-corrected chi connectivity index (χ2v) is 7.88. The summed E-state index contributed by atoms with van der Waals surface area (Å²) in [5, 5.41) is 15.7. The molecular weight excluding hydrogens is 374 g/mol. The number of hydrogen-bond donors (Lipinski definition) is 3. The number of aromatic nitrogens is 4. The van der Waals surface area contributed by atoms with Crippen molar-refractivity contribution in [3.8, 4) is 0 Å². The molecule has 30 heavy (non-hydrogen) atoms. The smallest absolute Gasteiger partial charge is 0.229 e. The molecule has 4 aromatic rings. The summed E-state index contributed by atoms with van der Waals surface area (Å²) < 4.78 is 1.78. The van der Waals surface area contributed by atoms with Crippen LogP contribution >= 0.6 is 0 Å². The number of rotatable bonds is 4. The van der Waals surface area contributed by atoms with Crippen molar-refractivity contribution < 1.29 is 0 Å². The molecule has 0 fully saturated rings. The lowest BCUT2D eigenvalue weighted by atomic mass is 10.0. The van der Waals surface area contributed by atoms with Crippen LogP contribution in [0.4, 0.5) is 23.1 Å². The van der Waals surface area contributed by atoms with Crippen LogP contribution in [0, 0.1) is 13.8 Å². The lowest BCUT2D eigenvalue weighted by Gasteiger charge is -2.18. The monoisotopic (exact) mass is 399 g/mol. The first-order valence-electron chi connectivity index (χ1n) is 10.2. The van der Waals surface area contributed by atoms with E-state index in [-0.39, 0.29) is 0 Å². The molecular formula is C23H25N7. The van der Waals surface area contributed by atoms with Crippen LogP contribution < -0.4 is 16.0 Å². The highest BCUT2D eigenvalue weighted by Gasteiger charge is 2.14. The van der Waals surface area contributed by atoms with Gasteiger partial charge in [0.2, 0.25) is 5.95 Å². The van der Waals surface area contributed by atoms with Crippen LogP contribution in [0.15, 0.2) is 42.6 Å². The first kappa shape index (κ1) is 18.6. The Balaban J connectivity index is 1.44. The molecule has 3 N–H and O–H groups in total. The average Bonchev–Trinajstić information content (AvgIpc) is 3.05. The molecule has 1 aliphatic rings. The minimum Gasteiger partial charge on any atom is -0.338 e. The predicted octanol–water partition coefficient (Wildman–Crippen LogP) is 4.11. The number of fused-ring (bicyclic) bond motifs is 2. The maximum atomic E-state index is 4.71. The molecule has 0 radical (unpaired) electrons. The van der Waals surface area contributed by atoms with Gasteiger partial charge in [-0.25, -0.2) is 9.67 Å². The third-order valence-electron chi connectivity index (χ3n) is 5.58. The summed E-state index contributed by atoms with van der Waals surface area (Å²) in [5.41, 5.74) is 7.91. The van der Waals surface area contributed by atoms with Crippen LogP contribution in [0.2, 0.25) is 0 Å². The number of nitrogens with one attached hydrogen (secondary N) is 3. The topological polar surface area (TPSA) is 79.7 Å². The van der Waals surface area contributed by atoms with E-state index in [9.17, 15) is 0 Å². The summed E-state index contributed by atoms with van der Waals surface area (Å²) in [5.74, 6) is 1.32. The van der Waals surface area contributed by atoms with Crippen molar-refractivity contribution in [2.45, 2.75) is 26.8 Å². The van der Waals surface area contributed by atoms with Gasteiger partial charge in [0.15, 0.2) is 11.5 Å². The maximum Gasteiger partial charge on any atom is 0.229 e. The van der Waals surface area contributed by atoms with Gasteiger partial charge in [0.05, 0.1) is 5.39 Å².